The third-order valence-corrected chi connectivity index (χ3v) is 4.06. The molecule has 0 spiro atoms. The molecule has 2 aromatic carbocycles. The van der Waals surface area contributed by atoms with Crippen LogP contribution in [0.2, 0.25) is 0 Å². The van der Waals surface area contributed by atoms with Gasteiger partial charge in [-0.2, -0.15) is 8.78 Å². The maximum absolute atomic E-state index is 13.8. The van der Waals surface area contributed by atoms with Gasteiger partial charge >= 0.3 is 0 Å². The quantitative estimate of drug-likeness (QED) is 0.419. The highest BCUT2D eigenvalue weighted by Gasteiger charge is 2.00. The number of benzene rings is 2. The first-order valence-electron chi connectivity index (χ1n) is 9.53. The minimum absolute atomic E-state index is 0.576. The Morgan fingerprint density at radius 1 is 0.786 bits per heavy atom. The second-order valence-electron chi connectivity index (χ2n) is 6.26. The highest BCUT2D eigenvalue weighted by atomic mass is 19.2. The van der Waals surface area contributed by atoms with Crippen LogP contribution in [0.3, 0.4) is 0 Å². The van der Waals surface area contributed by atoms with E-state index < -0.39 is 11.7 Å². The van der Waals surface area contributed by atoms with Crippen LogP contribution >= 0.6 is 0 Å². The Hall–Kier alpha value is -3.04. The van der Waals surface area contributed by atoms with Crippen LogP contribution in [0.15, 0.2) is 60.2 Å². The molecule has 0 heterocycles. The topological polar surface area (TPSA) is 9.23 Å². The Kier molecular flexibility index (Phi) is 8.83. The van der Waals surface area contributed by atoms with E-state index in [2.05, 4.69) is 30.6 Å². The predicted octanol–water partition coefficient (Wildman–Crippen LogP) is 6.37. The van der Waals surface area contributed by atoms with Crippen LogP contribution in [0.4, 0.5) is 8.78 Å². The number of hydrogen-bond donors (Lipinski definition) is 0. The fourth-order valence-corrected chi connectivity index (χ4v) is 2.36. The number of unbranched alkanes of at least 4 members (excludes halogenated alkanes) is 2. The van der Waals surface area contributed by atoms with Gasteiger partial charge in [-0.1, -0.05) is 50.7 Å². The van der Waals surface area contributed by atoms with Crippen LogP contribution in [0.25, 0.3) is 0 Å². The first-order chi connectivity index (χ1) is 13.6. The number of ether oxygens (including phenoxy) is 1. The summed E-state index contributed by atoms with van der Waals surface area (Å²) in [6.45, 7) is 4.85. The molecule has 0 bridgehead atoms. The van der Waals surface area contributed by atoms with Crippen molar-refractivity contribution in [3.8, 4) is 29.4 Å². The van der Waals surface area contributed by atoms with Crippen molar-refractivity contribution < 1.29 is 13.5 Å². The van der Waals surface area contributed by atoms with E-state index in [-0.39, 0.29) is 0 Å². The van der Waals surface area contributed by atoms with E-state index in [1.54, 1.807) is 36.4 Å². The van der Waals surface area contributed by atoms with Gasteiger partial charge in [-0.25, -0.2) is 0 Å². The molecule has 0 unspecified atom stereocenters. The molecular weight excluding hydrogens is 354 g/mol. The van der Waals surface area contributed by atoms with Gasteiger partial charge in [0.25, 0.3) is 0 Å². The zero-order valence-electron chi connectivity index (χ0n) is 16.3. The maximum atomic E-state index is 13.8. The summed E-state index contributed by atoms with van der Waals surface area (Å²) in [4.78, 5) is 0. The molecule has 1 nitrogen and oxygen atoms in total. The zero-order chi connectivity index (χ0) is 20.2. The van der Waals surface area contributed by atoms with Crippen molar-refractivity contribution in [2.45, 2.75) is 39.5 Å². The highest BCUT2D eigenvalue weighted by Crippen LogP contribution is 2.13. The molecule has 0 radical (unpaired) electrons. The SMILES string of the molecule is CCCCCOc1ccc(C#CC(F)=C(F)C#Cc2ccc(CC)cc2)cc1. The van der Waals surface area contributed by atoms with Crippen molar-refractivity contribution in [2.24, 2.45) is 0 Å². The molecule has 0 N–H and O–H groups in total. The molecule has 3 heteroatoms. The van der Waals surface area contributed by atoms with E-state index in [0.717, 1.165) is 37.0 Å². The minimum atomic E-state index is -1.17. The van der Waals surface area contributed by atoms with E-state index in [9.17, 15) is 8.78 Å². The first kappa shape index (κ1) is 21.3. The molecule has 28 heavy (non-hydrogen) atoms. The lowest BCUT2D eigenvalue weighted by Gasteiger charge is -2.05. The Morgan fingerprint density at radius 2 is 1.32 bits per heavy atom. The zero-order valence-corrected chi connectivity index (χ0v) is 16.3. The molecule has 0 fully saturated rings. The van der Waals surface area contributed by atoms with E-state index >= 15 is 0 Å². The average molecular weight is 378 g/mol. The third kappa shape index (κ3) is 7.29. The molecule has 0 aromatic heterocycles. The van der Waals surface area contributed by atoms with Crippen LogP contribution in [0.1, 0.15) is 49.8 Å². The first-order valence-corrected chi connectivity index (χ1v) is 9.53. The number of allylic oxidation sites excluding steroid dienone is 2. The molecule has 2 rings (SSSR count). The van der Waals surface area contributed by atoms with Crippen molar-refractivity contribution in [1.82, 2.24) is 0 Å². The summed E-state index contributed by atoms with van der Waals surface area (Å²) in [6, 6.07) is 14.4. The van der Waals surface area contributed by atoms with Crippen LogP contribution in [-0.2, 0) is 6.42 Å². The molecular formula is C25H24F2O. The highest BCUT2D eigenvalue weighted by molar-refractivity contribution is 5.46. The molecule has 0 saturated carbocycles. The molecule has 144 valence electrons. The van der Waals surface area contributed by atoms with Gasteiger partial charge in [-0.05, 0) is 66.6 Å². The molecule has 0 atom stereocenters. The lowest BCUT2D eigenvalue weighted by atomic mass is 10.1. The van der Waals surface area contributed by atoms with E-state index in [1.165, 1.54) is 0 Å². The third-order valence-electron chi connectivity index (χ3n) is 4.06. The molecule has 2 aromatic rings. The lowest BCUT2D eigenvalue weighted by molar-refractivity contribution is 0.306. The normalized spacial score (nSPS) is 10.9. The second-order valence-corrected chi connectivity index (χ2v) is 6.26. The van der Waals surface area contributed by atoms with Gasteiger partial charge in [0.1, 0.15) is 5.75 Å². The molecule has 0 aliphatic carbocycles. The van der Waals surface area contributed by atoms with Gasteiger partial charge < -0.3 is 4.74 Å². The maximum Gasteiger partial charge on any atom is 0.217 e. The Labute approximate surface area is 166 Å². The van der Waals surface area contributed by atoms with Crippen molar-refractivity contribution in [1.29, 1.82) is 0 Å². The van der Waals surface area contributed by atoms with Gasteiger partial charge in [0.2, 0.25) is 11.7 Å². The second kappa shape index (κ2) is 11.6. The van der Waals surface area contributed by atoms with E-state index in [1.807, 2.05) is 19.1 Å². The largest absolute Gasteiger partial charge is 0.494 e. The van der Waals surface area contributed by atoms with Gasteiger partial charge in [0.15, 0.2) is 0 Å². The van der Waals surface area contributed by atoms with Gasteiger partial charge in [0.05, 0.1) is 6.61 Å². The summed E-state index contributed by atoms with van der Waals surface area (Å²) in [5, 5.41) is 0. The van der Waals surface area contributed by atoms with E-state index in [0.29, 0.717) is 17.7 Å². The molecule has 0 aliphatic rings. The van der Waals surface area contributed by atoms with Crippen molar-refractivity contribution in [3.05, 3.63) is 76.9 Å². The van der Waals surface area contributed by atoms with Gasteiger partial charge in [-0.15, -0.1) is 0 Å². The Balaban J connectivity index is 1.98. The minimum Gasteiger partial charge on any atom is -0.494 e. The number of aryl methyl sites for hydroxylation is 1. The Morgan fingerprint density at radius 3 is 1.82 bits per heavy atom. The number of rotatable bonds is 6. The summed E-state index contributed by atoms with van der Waals surface area (Å²) < 4.78 is 33.2. The predicted molar refractivity (Wildman–Crippen MR) is 110 cm³/mol. The number of halogens is 2. The van der Waals surface area contributed by atoms with Gasteiger partial charge in [-0.3, -0.25) is 0 Å². The monoisotopic (exact) mass is 378 g/mol. The van der Waals surface area contributed by atoms with Crippen LogP contribution < -0.4 is 4.74 Å². The lowest BCUT2D eigenvalue weighted by Crippen LogP contribution is -1.96. The van der Waals surface area contributed by atoms with Crippen molar-refractivity contribution >= 4 is 0 Å². The summed E-state index contributed by atoms with van der Waals surface area (Å²) in [7, 11) is 0. The van der Waals surface area contributed by atoms with Gasteiger partial charge in [0, 0.05) is 11.1 Å². The Bertz CT molecular complexity index is 901. The average Bonchev–Trinajstić information content (AvgIpc) is 2.74. The number of hydrogen-bond acceptors (Lipinski definition) is 1. The molecule has 0 aliphatic heterocycles. The fourth-order valence-electron chi connectivity index (χ4n) is 2.36. The smallest absolute Gasteiger partial charge is 0.217 e. The summed E-state index contributed by atoms with van der Waals surface area (Å²) in [6.07, 6.45) is 4.20. The molecule has 0 amide bonds. The summed E-state index contributed by atoms with van der Waals surface area (Å²) in [5.74, 6) is 7.96. The standard InChI is InChI=1S/C25H24F2O/c1-3-5-6-19-28-23-15-11-22(12-16-23)14-18-25(27)24(26)17-13-21-9-7-20(4-2)8-10-21/h7-12,15-16H,3-6,19H2,1-2H3. The summed E-state index contributed by atoms with van der Waals surface area (Å²) in [5.41, 5.74) is 2.37. The van der Waals surface area contributed by atoms with Crippen LogP contribution in [0, 0.1) is 23.7 Å². The molecule has 0 saturated heterocycles. The summed E-state index contributed by atoms with van der Waals surface area (Å²) >= 11 is 0. The fraction of sp³-hybridized carbons (Fsp3) is 0.280. The van der Waals surface area contributed by atoms with Crippen LogP contribution in [0.5, 0.6) is 5.75 Å². The van der Waals surface area contributed by atoms with Crippen molar-refractivity contribution in [3.63, 3.8) is 0 Å². The van der Waals surface area contributed by atoms with Crippen LogP contribution in [-0.4, -0.2) is 6.61 Å². The van der Waals surface area contributed by atoms with E-state index in [4.69, 9.17) is 4.74 Å². The van der Waals surface area contributed by atoms with Crippen molar-refractivity contribution in [2.75, 3.05) is 6.61 Å².